The van der Waals surface area contributed by atoms with Crippen LogP contribution in [0.25, 0.3) is 0 Å². The summed E-state index contributed by atoms with van der Waals surface area (Å²) >= 11 is 0. The maximum atomic E-state index is 12.1. The number of carbonyl (C=O) groups excluding carboxylic acids is 1. The highest BCUT2D eigenvalue weighted by Gasteiger charge is 2.27. The average Bonchev–Trinajstić information content (AvgIpc) is 2.78. The van der Waals surface area contributed by atoms with Crippen molar-refractivity contribution < 1.29 is 9.53 Å². The van der Waals surface area contributed by atoms with E-state index in [9.17, 15) is 4.79 Å². The molecule has 0 spiro atoms. The molecule has 1 unspecified atom stereocenters. The van der Waals surface area contributed by atoms with E-state index in [0.717, 1.165) is 32.4 Å². The Morgan fingerprint density at radius 1 is 1.25 bits per heavy atom. The zero-order valence-electron chi connectivity index (χ0n) is 10.3. The van der Waals surface area contributed by atoms with Crippen LogP contribution in [0.2, 0.25) is 0 Å². The zero-order valence-corrected chi connectivity index (χ0v) is 10.3. The third kappa shape index (κ3) is 3.05. The number of methoxy groups -OCH3 is 1. The molecule has 0 aromatic rings. The number of rotatable bonds is 4. The molecule has 1 aliphatic heterocycles. The Morgan fingerprint density at radius 2 is 2.00 bits per heavy atom. The Balaban J connectivity index is 1.74. The Labute approximate surface area is 98.1 Å². The first-order valence-electron chi connectivity index (χ1n) is 6.57. The quantitative estimate of drug-likeness (QED) is 0.731. The maximum Gasteiger partial charge on any atom is 0.149 e. The summed E-state index contributed by atoms with van der Waals surface area (Å²) in [5.41, 5.74) is 0. The van der Waals surface area contributed by atoms with Gasteiger partial charge in [-0.05, 0) is 19.3 Å². The van der Waals surface area contributed by atoms with E-state index < -0.39 is 0 Å². The summed E-state index contributed by atoms with van der Waals surface area (Å²) < 4.78 is 5.32. The van der Waals surface area contributed by atoms with Gasteiger partial charge >= 0.3 is 0 Å². The van der Waals surface area contributed by atoms with Gasteiger partial charge in [-0.25, -0.2) is 0 Å². The van der Waals surface area contributed by atoms with Crippen molar-refractivity contribution in [3.05, 3.63) is 0 Å². The number of likely N-dealkylation sites (tertiary alicyclic amines) is 1. The van der Waals surface area contributed by atoms with Crippen LogP contribution in [0.4, 0.5) is 0 Å². The predicted octanol–water partition coefficient (Wildman–Crippen LogP) is 1.86. The van der Waals surface area contributed by atoms with E-state index >= 15 is 0 Å². The largest absolute Gasteiger partial charge is 0.380 e. The number of ketones is 1. The van der Waals surface area contributed by atoms with Crippen molar-refractivity contribution in [2.24, 2.45) is 5.92 Å². The van der Waals surface area contributed by atoms with Crippen molar-refractivity contribution in [2.75, 3.05) is 26.7 Å². The van der Waals surface area contributed by atoms with Crippen LogP contribution in [0, 0.1) is 5.92 Å². The fourth-order valence-electron chi connectivity index (χ4n) is 2.91. The maximum absolute atomic E-state index is 12.1. The molecule has 0 radical (unpaired) electrons. The number of nitrogens with zero attached hydrogens (tertiary/aromatic N) is 1. The SMILES string of the molecule is COC1CCN(CC(=O)C2CCCCC2)C1. The van der Waals surface area contributed by atoms with Gasteiger partial charge in [-0.1, -0.05) is 19.3 Å². The van der Waals surface area contributed by atoms with E-state index in [1.807, 2.05) is 0 Å². The second kappa shape index (κ2) is 5.78. The van der Waals surface area contributed by atoms with Crippen LogP contribution >= 0.6 is 0 Å². The third-order valence-electron chi connectivity index (χ3n) is 4.00. The van der Waals surface area contributed by atoms with Gasteiger partial charge in [0.25, 0.3) is 0 Å². The number of carbonyl (C=O) groups is 1. The molecule has 2 aliphatic rings. The smallest absolute Gasteiger partial charge is 0.149 e. The van der Waals surface area contributed by atoms with Gasteiger partial charge in [0.2, 0.25) is 0 Å². The minimum absolute atomic E-state index is 0.346. The van der Waals surface area contributed by atoms with Crippen LogP contribution in [0.1, 0.15) is 38.5 Å². The van der Waals surface area contributed by atoms with Gasteiger partial charge in [0.05, 0.1) is 12.6 Å². The second-order valence-electron chi connectivity index (χ2n) is 5.18. The van der Waals surface area contributed by atoms with Gasteiger partial charge in [-0.2, -0.15) is 0 Å². The molecule has 2 fully saturated rings. The van der Waals surface area contributed by atoms with E-state index in [0.29, 0.717) is 24.3 Å². The Hall–Kier alpha value is -0.410. The van der Waals surface area contributed by atoms with Gasteiger partial charge in [-0.3, -0.25) is 9.69 Å². The number of Topliss-reactive ketones (excluding diaryl/α,β-unsaturated/α-hetero) is 1. The summed E-state index contributed by atoms with van der Waals surface area (Å²) in [5, 5.41) is 0. The molecule has 0 N–H and O–H groups in total. The molecule has 2 rings (SSSR count). The summed E-state index contributed by atoms with van der Waals surface area (Å²) in [5.74, 6) is 0.826. The monoisotopic (exact) mass is 225 g/mol. The first-order chi connectivity index (χ1) is 7.79. The van der Waals surface area contributed by atoms with Crippen molar-refractivity contribution in [3.8, 4) is 0 Å². The lowest BCUT2D eigenvalue weighted by atomic mass is 9.86. The molecule has 1 aliphatic carbocycles. The molecule has 0 aromatic carbocycles. The van der Waals surface area contributed by atoms with Crippen LogP contribution in [0.3, 0.4) is 0 Å². The molecule has 3 heteroatoms. The van der Waals surface area contributed by atoms with Crippen molar-refractivity contribution >= 4 is 5.78 Å². The highest BCUT2D eigenvalue weighted by atomic mass is 16.5. The van der Waals surface area contributed by atoms with Crippen LogP contribution < -0.4 is 0 Å². The van der Waals surface area contributed by atoms with Crippen molar-refractivity contribution in [1.82, 2.24) is 4.90 Å². The van der Waals surface area contributed by atoms with Crippen molar-refractivity contribution in [3.63, 3.8) is 0 Å². The normalized spacial score (nSPS) is 28.4. The number of ether oxygens (including phenoxy) is 1. The lowest BCUT2D eigenvalue weighted by Gasteiger charge is -2.23. The van der Waals surface area contributed by atoms with E-state index in [1.54, 1.807) is 7.11 Å². The van der Waals surface area contributed by atoms with Gasteiger partial charge in [0, 0.05) is 26.1 Å². The average molecular weight is 225 g/mol. The second-order valence-corrected chi connectivity index (χ2v) is 5.18. The molecule has 92 valence electrons. The molecular weight excluding hydrogens is 202 g/mol. The Bertz CT molecular complexity index is 236. The Morgan fingerprint density at radius 3 is 2.62 bits per heavy atom. The van der Waals surface area contributed by atoms with Crippen LogP contribution in [-0.2, 0) is 9.53 Å². The van der Waals surface area contributed by atoms with Crippen molar-refractivity contribution in [1.29, 1.82) is 0 Å². The molecule has 1 atom stereocenters. The van der Waals surface area contributed by atoms with Gasteiger partial charge < -0.3 is 4.74 Å². The summed E-state index contributed by atoms with van der Waals surface area (Å²) in [6.45, 7) is 2.62. The van der Waals surface area contributed by atoms with Crippen LogP contribution in [-0.4, -0.2) is 43.5 Å². The van der Waals surface area contributed by atoms with Gasteiger partial charge in [-0.15, -0.1) is 0 Å². The molecule has 0 aromatic heterocycles. The standard InChI is InChI=1S/C13H23NO2/c1-16-12-7-8-14(9-12)10-13(15)11-5-3-2-4-6-11/h11-12H,2-10H2,1H3. The third-order valence-corrected chi connectivity index (χ3v) is 4.00. The highest BCUT2D eigenvalue weighted by molar-refractivity contribution is 5.83. The lowest BCUT2D eigenvalue weighted by molar-refractivity contribution is -0.124. The molecule has 3 nitrogen and oxygen atoms in total. The first kappa shape index (κ1) is 12.1. The minimum Gasteiger partial charge on any atom is -0.380 e. The fourth-order valence-corrected chi connectivity index (χ4v) is 2.91. The van der Waals surface area contributed by atoms with E-state index in [-0.39, 0.29) is 0 Å². The molecule has 0 bridgehead atoms. The Kier molecular flexibility index (Phi) is 4.36. The summed E-state index contributed by atoms with van der Waals surface area (Å²) in [6.07, 6.45) is 7.49. The number of hydrogen-bond acceptors (Lipinski definition) is 3. The predicted molar refractivity (Wildman–Crippen MR) is 63.4 cm³/mol. The number of hydrogen-bond donors (Lipinski definition) is 0. The molecule has 1 saturated carbocycles. The van der Waals surface area contributed by atoms with Crippen LogP contribution in [0.15, 0.2) is 0 Å². The van der Waals surface area contributed by atoms with E-state index in [2.05, 4.69) is 4.90 Å². The van der Waals surface area contributed by atoms with Crippen LogP contribution in [0.5, 0.6) is 0 Å². The molecule has 0 amide bonds. The van der Waals surface area contributed by atoms with Crippen molar-refractivity contribution in [2.45, 2.75) is 44.6 Å². The first-order valence-corrected chi connectivity index (χ1v) is 6.57. The molecular formula is C13H23NO2. The molecule has 1 saturated heterocycles. The summed E-state index contributed by atoms with van der Waals surface area (Å²) in [6, 6.07) is 0. The lowest BCUT2D eigenvalue weighted by Crippen LogP contribution is -2.33. The minimum atomic E-state index is 0.346. The van der Waals surface area contributed by atoms with E-state index in [1.165, 1.54) is 19.3 Å². The molecule has 1 heterocycles. The molecule has 16 heavy (non-hydrogen) atoms. The summed E-state index contributed by atoms with van der Waals surface area (Å²) in [4.78, 5) is 14.3. The fraction of sp³-hybridized carbons (Fsp3) is 0.923. The van der Waals surface area contributed by atoms with Gasteiger partial charge in [0.1, 0.15) is 5.78 Å². The topological polar surface area (TPSA) is 29.5 Å². The highest BCUT2D eigenvalue weighted by Crippen LogP contribution is 2.25. The van der Waals surface area contributed by atoms with E-state index in [4.69, 9.17) is 4.74 Å². The zero-order chi connectivity index (χ0) is 11.4. The summed E-state index contributed by atoms with van der Waals surface area (Å²) in [7, 11) is 1.76. The van der Waals surface area contributed by atoms with Gasteiger partial charge in [0.15, 0.2) is 0 Å².